The van der Waals surface area contributed by atoms with Crippen molar-refractivity contribution in [2.75, 3.05) is 39.2 Å². The largest absolute Gasteiger partial charge is 0.495 e. The number of benzene rings is 1. The van der Waals surface area contributed by atoms with Crippen LogP contribution >= 0.6 is 24.0 Å². The fourth-order valence-corrected chi connectivity index (χ4v) is 1.51. The summed E-state index contributed by atoms with van der Waals surface area (Å²) in [4.78, 5) is 11.6. The molecule has 0 spiro atoms. The molecule has 0 fully saturated rings. The van der Waals surface area contributed by atoms with Crippen LogP contribution in [0.1, 0.15) is 0 Å². The van der Waals surface area contributed by atoms with E-state index in [9.17, 15) is 4.79 Å². The van der Waals surface area contributed by atoms with Crippen LogP contribution in [0.3, 0.4) is 0 Å². The van der Waals surface area contributed by atoms with Crippen molar-refractivity contribution in [2.24, 2.45) is 0 Å². The number of amides is 1. The summed E-state index contributed by atoms with van der Waals surface area (Å²) in [6, 6.07) is 5.07. The van der Waals surface area contributed by atoms with E-state index in [0.29, 0.717) is 29.6 Å². The highest BCUT2D eigenvalue weighted by molar-refractivity contribution is 6.32. The lowest BCUT2D eigenvalue weighted by molar-refractivity contribution is -0.115. The Hall–Kier alpha value is -1.01. The molecule has 1 aromatic rings. The molecule has 0 radical (unpaired) electrons. The highest BCUT2D eigenvalue weighted by Crippen LogP contribution is 2.27. The third kappa shape index (κ3) is 6.63. The lowest BCUT2D eigenvalue weighted by Crippen LogP contribution is -2.30. The molecule has 0 saturated carbocycles. The molecule has 1 aromatic carbocycles. The van der Waals surface area contributed by atoms with Crippen LogP contribution in [0.15, 0.2) is 18.2 Å². The Morgan fingerprint density at radius 3 is 2.74 bits per heavy atom. The van der Waals surface area contributed by atoms with Gasteiger partial charge in [-0.15, -0.1) is 12.4 Å². The summed E-state index contributed by atoms with van der Waals surface area (Å²) in [7, 11) is 3.14. The number of hydrogen-bond acceptors (Lipinski definition) is 4. The van der Waals surface area contributed by atoms with Crippen LogP contribution in [0.2, 0.25) is 5.02 Å². The molecule has 108 valence electrons. The minimum Gasteiger partial charge on any atom is -0.495 e. The van der Waals surface area contributed by atoms with E-state index < -0.39 is 0 Å². The van der Waals surface area contributed by atoms with Crippen molar-refractivity contribution >= 4 is 35.6 Å². The maximum atomic E-state index is 11.6. The first kappa shape index (κ1) is 18.0. The molecule has 0 saturated heterocycles. The fraction of sp³-hybridized carbons (Fsp3) is 0.417. The van der Waals surface area contributed by atoms with E-state index in [4.69, 9.17) is 21.1 Å². The molecule has 1 amide bonds. The molecule has 1 rings (SSSR count). The van der Waals surface area contributed by atoms with Crippen molar-refractivity contribution in [3.8, 4) is 5.75 Å². The van der Waals surface area contributed by atoms with Crippen molar-refractivity contribution in [3.63, 3.8) is 0 Å². The number of rotatable bonds is 7. The van der Waals surface area contributed by atoms with Crippen molar-refractivity contribution in [1.29, 1.82) is 0 Å². The molecule has 0 heterocycles. The van der Waals surface area contributed by atoms with Gasteiger partial charge in [0.25, 0.3) is 0 Å². The first-order valence-corrected chi connectivity index (χ1v) is 5.88. The van der Waals surface area contributed by atoms with Crippen molar-refractivity contribution < 1.29 is 14.3 Å². The SMILES string of the molecule is COCCNCC(=O)Nc1ccc(Cl)c(OC)c1.Cl. The number of ether oxygens (including phenoxy) is 2. The van der Waals surface area contributed by atoms with Crippen LogP contribution in [0.4, 0.5) is 5.69 Å². The Labute approximate surface area is 124 Å². The van der Waals surface area contributed by atoms with Crippen LogP contribution < -0.4 is 15.4 Å². The fourth-order valence-electron chi connectivity index (χ4n) is 1.32. The summed E-state index contributed by atoms with van der Waals surface area (Å²) in [5, 5.41) is 6.20. The third-order valence-electron chi connectivity index (χ3n) is 2.20. The van der Waals surface area contributed by atoms with Crippen LogP contribution in [-0.4, -0.2) is 39.8 Å². The van der Waals surface area contributed by atoms with E-state index in [2.05, 4.69) is 10.6 Å². The zero-order valence-electron chi connectivity index (χ0n) is 10.9. The number of carbonyl (C=O) groups excluding carboxylic acids is 1. The number of nitrogens with one attached hydrogen (secondary N) is 2. The smallest absolute Gasteiger partial charge is 0.238 e. The summed E-state index contributed by atoms with van der Waals surface area (Å²) < 4.78 is 9.92. The summed E-state index contributed by atoms with van der Waals surface area (Å²) in [5.41, 5.74) is 0.648. The van der Waals surface area contributed by atoms with Gasteiger partial charge < -0.3 is 20.1 Å². The highest BCUT2D eigenvalue weighted by atomic mass is 35.5. The van der Waals surface area contributed by atoms with Gasteiger partial charge in [0.1, 0.15) is 5.75 Å². The van der Waals surface area contributed by atoms with Gasteiger partial charge >= 0.3 is 0 Å². The molecule has 5 nitrogen and oxygen atoms in total. The molecule has 0 atom stereocenters. The second-order valence-electron chi connectivity index (χ2n) is 3.57. The topological polar surface area (TPSA) is 59.6 Å². The molecule has 19 heavy (non-hydrogen) atoms. The third-order valence-corrected chi connectivity index (χ3v) is 2.52. The number of anilines is 1. The van der Waals surface area contributed by atoms with E-state index in [1.807, 2.05) is 0 Å². The molecule has 0 aliphatic rings. The van der Waals surface area contributed by atoms with Gasteiger partial charge in [-0.2, -0.15) is 0 Å². The molecule has 0 aliphatic carbocycles. The summed E-state index contributed by atoms with van der Waals surface area (Å²) >= 11 is 5.89. The predicted molar refractivity (Wildman–Crippen MR) is 78.6 cm³/mol. The monoisotopic (exact) mass is 308 g/mol. The van der Waals surface area contributed by atoms with E-state index in [0.717, 1.165) is 0 Å². The summed E-state index contributed by atoms with van der Waals surface area (Å²) in [5.74, 6) is 0.400. The summed E-state index contributed by atoms with van der Waals surface area (Å²) in [6.45, 7) is 1.43. The van der Waals surface area contributed by atoms with Gasteiger partial charge in [-0.1, -0.05) is 11.6 Å². The van der Waals surface area contributed by atoms with Crippen molar-refractivity contribution in [2.45, 2.75) is 0 Å². The van der Waals surface area contributed by atoms with Gasteiger partial charge in [-0.25, -0.2) is 0 Å². The van der Waals surface area contributed by atoms with Crippen molar-refractivity contribution in [3.05, 3.63) is 23.2 Å². The Morgan fingerprint density at radius 2 is 2.11 bits per heavy atom. The maximum Gasteiger partial charge on any atom is 0.238 e. The molecule has 2 N–H and O–H groups in total. The Balaban J connectivity index is 0.00000324. The van der Waals surface area contributed by atoms with Gasteiger partial charge in [0.2, 0.25) is 5.91 Å². The average Bonchev–Trinajstić information content (AvgIpc) is 2.37. The van der Waals surface area contributed by atoms with Crippen LogP contribution in [0.25, 0.3) is 0 Å². The second kappa shape index (κ2) is 9.86. The van der Waals surface area contributed by atoms with E-state index in [1.165, 1.54) is 7.11 Å². The number of carbonyl (C=O) groups is 1. The first-order valence-electron chi connectivity index (χ1n) is 5.50. The van der Waals surface area contributed by atoms with Gasteiger partial charge in [-0.05, 0) is 12.1 Å². The minimum atomic E-state index is -0.129. The van der Waals surface area contributed by atoms with E-state index in [1.54, 1.807) is 25.3 Å². The highest BCUT2D eigenvalue weighted by Gasteiger charge is 2.05. The van der Waals surface area contributed by atoms with Crippen molar-refractivity contribution in [1.82, 2.24) is 5.32 Å². The van der Waals surface area contributed by atoms with Crippen LogP contribution in [0.5, 0.6) is 5.75 Å². The zero-order chi connectivity index (χ0) is 13.4. The van der Waals surface area contributed by atoms with E-state index >= 15 is 0 Å². The number of halogens is 2. The zero-order valence-corrected chi connectivity index (χ0v) is 12.4. The maximum absolute atomic E-state index is 11.6. The Morgan fingerprint density at radius 1 is 1.37 bits per heavy atom. The molecule has 0 aliphatic heterocycles. The molecule has 7 heteroatoms. The standard InChI is InChI=1S/C12H17ClN2O3.ClH/c1-17-6-5-14-8-12(16)15-9-3-4-10(13)11(7-9)18-2;/h3-4,7,14H,5-6,8H2,1-2H3,(H,15,16);1H. The van der Waals surface area contributed by atoms with Gasteiger partial charge in [-0.3, -0.25) is 4.79 Å². The number of hydrogen-bond donors (Lipinski definition) is 2. The van der Waals surface area contributed by atoms with Crippen LogP contribution in [0, 0.1) is 0 Å². The molecular weight excluding hydrogens is 291 g/mol. The normalized spacial score (nSPS) is 9.63. The lowest BCUT2D eigenvalue weighted by atomic mass is 10.3. The van der Waals surface area contributed by atoms with E-state index in [-0.39, 0.29) is 24.9 Å². The van der Waals surface area contributed by atoms with Gasteiger partial charge in [0.05, 0.1) is 25.3 Å². The molecule has 0 aromatic heterocycles. The van der Waals surface area contributed by atoms with Gasteiger partial charge in [0, 0.05) is 25.4 Å². The Kier molecular flexibility index (Phi) is 9.34. The quantitative estimate of drug-likeness (QED) is 0.756. The lowest BCUT2D eigenvalue weighted by Gasteiger charge is -2.09. The van der Waals surface area contributed by atoms with Crippen LogP contribution in [-0.2, 0) is 9.53 Å². The van der Waals surface area contributed by atoms with Gasteiger partial charge in [0.15, 0.2) is 0 Å². The summed E-state index contributed by atoms with van der Waals surface area (Å²) in [6.07, 6.45) is 0. The molecule has 0 unspecified atom stereocenters. The molecular formula is C12H18Cl2N2O3. The predicted octanol–water partition coefficient (Wildman–Crippen LogP) is 1.94. The Bertz CT molecular complexity index is 403. The molecule has 0 bridgehead atoms. The average molecular weight is 309 g/mol. The minimum absolute atomic E-state index is 0. The first-order chi connectivity index (χ1) is 8.67. The second-order valence-corrected chi connectivity index (χ2v) is 3.97. The number of methoxy groups -OCH3 is 2.